The normalized spacial score (nSPS) is 12.2. The lowest BCUT2D eigenvalue weighted by atomic mass is 10.0. The molecule has 0 spiro atoms. The molecule has 2 aromatic rings. The molecule has 20 heavy (non-hydrogen) atoms. The minimum absolute atomic E-state index is 0.185. The van der Waals surface area contributed by atoms with E-state index in [1.807, 2.05) is 0 Å². The molecule has 0 aliphatic heterocycles. The summed E-state index contributed by atoms with van der Waals surface area (Å²) in [7, 11) is 2.11. The van der Waals surface area contributed by atoms with Crippen molar-refractivity contribution in [2.75, 3.05) is 18.5 Å². The minimum atomic E-state index is 0.185. The van der Waals surface area contributed by atoms with Gasteiger partial charge in [-0.2, -0.15) is 0 Å². The number of nitrogens with zero attached hydrogens (tertiary/aromatic N) is 1. The predicted octanol–water partition coefficient (Wildman–Crippen LogP) is 4.20. The highest BCUT2D eigenvalue weighted by Crippen LogP contribution is 2.28. The Kier molecular flexibility index (Phi) is 4.84. The van der Waals surface area contributed by atoms with Crippen molar-refractivity contribution in [2.24, 2.45) is 5.73 Å². The van der Waals surface area contributed by atoms with Crippen LogP contribution in [0.1, 0.15) is 22.7 Å². The van der Waals surface area contributed by atoms with Crippen LogP contribution >= 0.6 is 15.9 Å². The zero-order valence-corrected chi connectivity index (χ0v) is 13.8. The molecule has 2 rings (SSSR count). The van der Waals surface area contributed by atoms with Crippen LogP contribution in [0.2, 0.25) is 0 Å². The lowest BCUT2D eigenvalue weighted by Crippen LogP contribution is -2.30. The summed E-state index contributed by atoms with van der Waals surface area (Å²) in [4.78, 5) is 2.26. The Morgan fingerprint density at radius 3 is 2.30 bits per heavy atom. The van der Waals surface area contributed by atoms with Crippen LogP contribution in [0.15, 0.2) is 46.9 Å². The van der Waals surface area contributed by atoms with E-state index in [9.17, 15) is 0 Å². The molecule has 0 saturated carbocycles. The topological polar surface area (TPSA) is 29.3 Å². The number of halogens is 1. The molecule has 3 heteroatoms. The molecule has 2 aromatic carbocycles. The van der Waals surface area contributed by atoms with Gasteiger partial charge in [0.05, 0.1) is 6.04 Å². The van der Waals surface area contributed by atoms with E-state index in [0.717, 1.165) is 4.47 Å². The van der Waals surface area contributed by atoms with E-state index < -0.39 is 0 Å². The van der Waals surface area contributed by atoms with Crippen LogP contribution in [-0.4, -0.2) is 13.6 Å². The minimum Gasteiger partial charge on any atom is -0.366 e. The highest BCUT2D eigenvalue weighted by molar-refractivity contribution is 9.10. The average Bonchev–Trinajstić information content (AvgIpc) is 2.41. The van der Waals surface area contributed by atoms with Crippen molar-refractivity contribution in [3.63, 3.8) is 0 Å². The number of hydrogen-bond donors (Lipinski definition) is 1. The summed E-state index contributed by atoms with van der Waals surface area (Å²) in [6.07, 6.45) is 0. The molecule has 0 amide bonds. The highest BCUT2D eigenvalue weighted by Gasteiger charge is 2.17. The van der Waals surface area contributed by atoms with Crippen LogP contribution in [0.3, 0.4) is 0 Å². The highest BCUT2D eigenvalue weighted by atomic mass is 79.9. The molecule has 2 nitrogen and oxygen atoms in total. The first-order valence-electron chi connectivity index (χ1n) is 6.78. The van der Waals surface area contributed by atoms with E-state index in [1.54, 1.807) is 0 Å². The zero-order chi connectivity index (χ0) is 14.7. The SMILES string of the molecule is Cc1ccc(N(C)C(CN)c2ccc(Br)cc2)c(C)c1. The van der Waals surface area contributed by atoms with Gasteiger partial charge in [-0.05, 0) is 43.2 Å². The van der Waals surface area contributed by atoms with Crippen molar-refractivity contribution >= 4 is 21.6 Å². The second kappa shape index (κ2) is 6.42. The molecule has 1 unspecified atom stereocenters. The Morgan fingerprint density at radius 2 is 1.75 bits per heavy atom. The van der Waals surface area contributed by atoms with Crippen LogP contribution in [0.25, 0.3) is 0 Å². The molecule has 2 N–H and O–H groups in total. The lowest BCUT2D eigenvalue weighted by Gasteiger charge is -2.31. The van der Waals surface area contributed by atoms with E-state index in [-0.39, 0.29) is 6.04 Å². The van der Waals surface area contributed by atoms with E-state index in [4.69, 9.17) is 5.73 Å². The van der Waals surface area contributed by atoms with Gasteiger partial charge in [-0.25, -0.2) is 0 Å². The van der Waals surface area contributed by atoms with Crippen LogP contribution in [-0.2, 0) is 0 Å². The Hall–Kier alpha value is -1.32. The maximum Gasteiger partial charge on any atom is 0.0661 e. The predicted molar refractivity (Wildman–Crippen MR) is 90.3 cm³/mol. The summed E-state index contributed by atoms with van der Waals surface area (Å²) < 4.78 is 1.09. The fourth-order valence-corrected chi connectivity index (χ4v) is 2.84. The van der Waals surface area contributed by atoms with E-state index in [0.29, 0.717) is 6.54 Å². The molecule has 0 saturated heterocycles. The summed E-state index contributed by atoms with van der Waals surface area (Å²) in [6, 6.07) is 15.1. The Bertz CT molecular complexity index is 578. The third-order valence-corrected chi connectivity index (χ3v) is 4.21. The van der Waals surface area contributed by atoms with E-state index in [1.165, 1.54) is 22.4 Å². The molecular weight excluding hydrogens is 312 g/mol. The van der Waals surface area contributed by atoms with E-state index >= 15 is 0 Å². The maximum absolute atomic E-state index is 6.01. The van der Waals surface area contributed by atoms with E-state index in [2.05, 4.69) is 84.2 Å². The van der Waals surface area contributed by atoms with Gasteiger partial charge >= 0.3 is 0 Å². The van der Waals surface area contributed by atoms with Crippen molar-refractivity contribution < 1.29 is 0 Å². The summed E-state index contributed by atoms with van der Waals surface area (Å²) in [6.45, 7) is 4.85. The lowest BCUT2D eigenvalue weighted by molar-refractivity contribution is 0.679. The largest absolute Gasteiger partial charge is 0.366 e. The third-order valence-electron chi connectivity index (χ3n) is 3.68. The summed E-state index contributed by atoms with van der Waals surface area (Å²) in [5.41, 5.74) is 11.0. The van der Waals surface area contributed by atoms with Gasteiger partial charge in [0.25, 0.3) is 0 Å². The van der Waals surface area contributed by atoms with Crippen molar-refractivity contribution in [1.82, 2.24) is 0 Å². The number of nitrogens with two attached hydrogens (primary N) is 1. The Balaban J connectivity index is 2.33. The summed E-state index contributed by atoms with van der Waals surface area (Å²) in [5, 5.41) is 0. The molecule has 0 fully saturated rings. The number of hydrogen-bond acceptors (Lipinski definition) is 2. The molecule has 0 aromatic heterocycles. The first-order chi connectivity index (χ1) is 9.52. The molecule has 0 bridgehead atoms. The van der Waals surface area contributed by atoms with Crippen molar-refractivity contribution in [3.05, 3.63) is 63.6 Å². The molecular formula is C17H21BrN2. The summed E-state index contributed by atoms with van der Waals surface area (Å²) >= 11 is 3.47. The van der Waals surface area contributed by atoms with Gasteiger partial charge in [-0.3, -0.25) is 0 Å². The number of likely N-dealkylation sites (N-methyl/N-ethyl adjacent to an activating group) is 1. The molecule has 0 heterocycles. The monoisotopic (exact) mass is 332 g/mol. The van der Waals surface area contributed by atoms with Gasteiger partial charge in [0.2, 0.25) is 0 Å². The fourth-order valence-electron chi connectivity index (χ4n) is 2.57. The molecule has 0 aliphatic rings. The van der Waals surface area contributed by atoms with Gasteiger partial charge < -0.3 is 10.6 Å². The van der Waals surface area contributed by atoms with Crippen molar-refractivity contribution in [3.8, 4) is 0 Å². The first kappa shape index (κ1) is 15.1. The smallest absolute Gasteiger partial charge is 0.0661 e. The number of rotatable bonds is 4. The summed E-state index contributed by atoms with van der Waals surface area (Å²) in [5.74, 6) is 0. The first-order valence-corrected chi connectivity index (χ1v) is 7.58. The Labute approximate surface area is 129 Å². The molecule has 106 valence electrons. The second-order valence-corrected chi connectivity index (χ2v) is 6.12. The fraction of sp³-hybridized carbons (Fsp3) is 0.294. The second-order valence-electron chi connectivity index (χ2n) is 5.20. The maximum atomic E-state index is 6.01. The molecule has 0 radical (unpaired) electrons. The Morgan fingerprint density at radius 1 is 1.10 bits per heavy atom. The number of anilines is 1. The van der Waals surface area contributed by atoms with Gasteiger partial charge in [0.1, 0.15) is 0 Å². The number of benzene rings is 2. The van der Waals surface area contributed by atoms with Crippen molar-refractivity contribution in [2.45, 2.75) is 19.9 Å². The molecule has 1 atom stereocenters. The number of aryl methyl sites for hydroxylation is 2. The molecule has 0 aliphatic carbocycles. The van der Waals surface area contributed by atoms with Gasteiger partial charge in [0, 0.05) is 23.8 Å². The van der Waals surface area contributed by atoms with Crippen LogP contribution in [0.5, 0.6) is 0 Å². The third kappa shape index (κ3) is 3.22. The van der Waals surface area contributed by atoms with Crippen LogP contribution in [0, 0.1) is 13.8 Å². The quantitative estimate of drug-likeness (QED) is 0.908. The van der Waals surface area contributed by atoms with Crippen LogP contribution in [0.4, 0.5) is 5.69 Å². The van der Waals surface area contributed by atoms with Crippen molar-refractivity contribution in [1.29, 1.82) is 0 Å². The average molecular weight is 333 g/mol. The van der Waals surface area contributed by atoms with Crippen LogP contribution < -0.4 is 10.6 Å². The van der Waals surface area contributed by atoms with Gasteiger partial charge in [0.15, 0.2) is 0 Å². The standard InChI is InChI=1S/C17H21BrN2/c1-12-4-9-16(13(2)10-12)20(3)17(11-19)14-5-7-15(18)8-6-14/h4-10,17H,11,19H2,1-3H3. The van der Waals surface area contributed by atoms with Gasteiger partial charge in [-0.15, -0.1) is 0 Å². The zero-order valence-electron chi connectivity index (χ0n) is 12.2. The van der Waals surface area contributed by atoms with Gasteiger partial charge in [-0.1, -0.05) is 45.8 Å².